The molecule has 88 valence electrons. The topological polar surface area (TPSA) is 72.5 Å². The lowest BCUT2D eigenvalue weighted by molar-refractivity contribution is -0.138. The zero-order valence-corrected chi connectivity index (χ0v) is 9.16. The molecule has 1 atom stereocenters. The van der Waals surface area contributed by atoms with E-state index in [-0.39, 0.29) is 12.3 Å². The lowest BCUT2D eigenvalue weighted by Gasteiger charge is -2.14. The maximum Gasteiger partial charge on any atom is 0.312 e. The Bertz CT molecular complexity index is 406. The number of methoxy groups -OCH3 is 1. The molecule has 0 aliphatic carbocycles. The van der Waals surface area contributed by atoms with Crippen molar-refractivity contribution < 1.29 is 19.0 Å². The normalized spacial score (nSPS) is 12.2. The number of hydrogen-bond donors (Lipinski definition) is 2. The van der Waals surface area contributed by atoms with E-state index in [9.17, 15) is 9.18 Å². The van der Waals surface area contributed by atoms with Crippen molar-refractivity contribution in [2.75, 3.05) is 13.7 Å². The van der Waals surface area contributed by atoms with Crippen LogP contribution in [-0.4, -0.2) is 24.7 Å². The van der Waals surface area contributed by atoms with Gasteiger partial charge in [0.1, 0.15) is 0 Å². The van der Waals surface area contributed by atoms with Gasteiger partial charge in [-0.1, -0.05) is 0 Å². The fraction of sp³-hybridized carbons (Fsp3) is 0.364. The Kier molecular flexibility index (Phi) is 3.84. The first-order chi connectivity index (χ1) is 7.51. The molecule has 1 unspecified atom stereocenters. The molecule has 1 rings (SSSR count). The van der Waals surface area contributed by atoms with Crippen LogP contribution in [0.2, 0.25) is 0 Å². The molecule has 0 amide bonds. The van der Waals surface area contributed by atoms with Crippen molar-refractivity contribution in [1.29, 1.82) is 0 Å². The second-order valence-corrected chi connectivity index (χ2v) is 3.47. The van der Waals surface area contributed by atoms with Gasteiger partial charge < -0.3 is 15.6 Å². The Hall–Kier alpha value is -1.62. The SMILES string of the molecule is COc1cc(C)c(C(CN)C(=O)O)cc1F. The van der Waals surface area contributed by atoms with Gasteiger partial charge in [-0.3, -0.25) is 4.79 Å². The van der Waals surface area contributed by atoms with Crippen LogP contribution in [-0.2, 0) is 4.79 Å². The van der Waals surface area contributed by atoms with Gasteiger partial charge in [-0.05, 0) is 30.2 Å². The van der Waals surface area contributed by atoms with E-state index in [1.165, 1.54) is 19.2 Å². The summed E-state index contributed by atoms with van der Waals surface area (Å²) in [6.45, 7) is 1.63. The summed E-state index contributed by atoms with van der Waals surface area (Å²) in [5.41, 5.74) is 6.39. The highest BCUT2D eigenvalue weighted by Gasteiger charge is 2.21. The Morgan fingerprint density at radius 2 is 2.25 bits per heavy atom. The highest BCUT2D eigenvalue weighted by molar-refractivity contribution is 5.77. The summed E-state index contributed by atoms with van der Waals surface area (Å²) in [6, 6.07) is 2.64. The van der Waals surface area contributed by atoms with Gasteiger partial charge in [0.25, 0.3) is 0 Å². The van der Waals surface area contributed by atoms with Crippen LogP contribution in [0.5, 0.6) is 5.75 Å². The van der Waals surface area contributed by atoms with Gasteiger partial charge in [0.15, 0.2) is 11.6 Å². The Labute approximate surface area is 92.8 Å². The molecule has 0 radical (unpaired) electrons. The second-order valence-electron chi connectivity index (χ2n) is 3.47. The molecule has 0 saturated carbocycles. The van der Waals surface area contributed by atoms with E-state index in [4.69, 9.17) is 15.6 Å². The number of carboxylic acid groups (broad SMARTS) is 1. The van der Waals surface area contributed by atoms with Gasteiger partial charge in [-0.15, -0.1) is 0 Å². The van der Waals surface area contributed by atoms with E-state index in [2.05, 4.69) is 0 Å². The van der Waals surface area contributed by atoms with Crippen LogP contribution in [0.3, 0.4) is 0 Å². The molecular weight excluding hydrogens is 213 g/mol. The largest absolute Gasteiger partial charge is 0.494 e. The third kappa shape index (κ3) is 2.30. The lowest BCUT2D eigenvalue weighted by atomic mass is 9.94. The first-order valence-electron chi connectivity index (χ1n) is 4.78. The number of rotatable bonds is 4. The third-order valence-electron chi connectivity index (χ3n) is 2.45. The number of halogens is 1. The fourth-order valence-corrected chi connectivity index (χ4v) is 1.56. The van der Waals surface area contributed by atoms with E-state index in [0.29, 0.717) is 11.1 Å². The molecule has 0 aromatic heterocycles. The minimum absolute atomic E-state index is 0.0675. The van der Waals surface area contributed by atoms with Crippen LogP contribution < -0.4 is 10.5 Å². The molecule has 0 aliphatic rings. The number of ether oxygens (including phenoxy) is 1. The maximum atomic E-state index is 13.4. The molecule has 0 heterocycles. The molecule has 0 bridgehead atoms. The van der Waals surface area contributed by atoms with Crippen molar-refractivity contribution in [1.82, 2.24) is 0 Å². The summed E-state index contributed by atoms with van der Waals surface area (Å²) in [4.78, 5) is 10.9. The van der Waals surface area contributed by atoms with E-state index in [1.54, 1.807) is 6.92 Å². The van der Waals surface area contributed by atoms with Gasteiger partial charge >= 0.3 is 5.97 Å². The zero-order chi connectivity index (χ0) is 12.3. The fourth-order valence-electron chi connectivity index (χ4n) is 1.56. The predicted molar refractivity (Wildman–Crippen MR) is 57.1 cm³/mol. The van der Waals surface area contributed by atoms with Crippen LogP contribution in [0.25, 0.3) is 0 Å². The van der Waals surface area contributed by atoms with E-state index < -0.39 is 17.7 Å². The van der Waals surface area contributed by atoms with Gasteiger partial charge in [0, 0.05) is 6.54 Å². The van der Waals surface area contributed by atoms with Crippen molar-refractivity contribution in [3.63, 3.8) is 0 Å². The summed E-state index contributed by atoms with van der Waals surface area (Å²) in [7, 11) is 1.36. The Morgan fingerprint density at radius 3 is 2.69 bits per heavy atom. The first kappa shape index (κ1) is 12.4. The molecule has 1 aromatic rings. The molecule has 0 aliphatic heterocycles. The van der Waals surface area contributed by atoms with Gasteiger partial charge in [0.05, 0.1) is 13.0 Å². The van der Waals surface area contributed by atoms with Crippen LogP contribution in [0, 0.1) is 12.7 Å². The Balaban J connectivity index is 3.24. The average molecular weight is 227 g/mol. The number of aliphatic carboxylic acids is 1. The molecule has 3 N–H and O–H groups in total. The number of carbonyl (C=O) groups is 1. The first-order valence-corrected chi connectivity index (χ1v) is 4.78. The van der Waals surface area contributed by atoms with Crippen LogP contribution in [0.4, 0.5) is 4.39 Å². The quantitative estimate of drug-likeness (QED) is 0.812. The van der Waals surface area contributed by atoms with E-state index in [1.807, 2.05) is 0 Å². The van der Waals surface area contributed by atoms with Crippen LogP contribution in [0.1, 0.15) is 17.0 Å². The monoisotopic (exact) mass is 227 g/mol. The second kappa shape index (κ2) is 4.94. The summed E-state index contributed by atoms with van der Waals surface area (Å²) in [6.07, 6.45) is 0. The lowest BCUT2D eigenvalue weighted by Crippen LogP contribution is -2.22. The summed E-state index contributed by atoms with van der Waals surface area (Å²) in [5, 5.41) is 8.93. The highest BCUT2D eigenvalue weighted by Crippen LogP contribution is 2.26. The van der Waals surface area contributed by atoms with Crippen molar-refractivity contribution in [2.45, 2.75) is 12.8 Å². The molecule has 16 heavy (non-hydrogen) atoms. The Morgan fingerprint density at radius 1 is 1.62 bits per heavy atom. The molecular formula is C11H14FNO3. The van der Waals surface area contributed by atoms with Crippen LogP contribution in [0.15, 0.2) is 12.1 Å². The smallest absolute Gasteiger partial charge is 0.312 e. The van der Waals surface area contributed by atoms with Gasteiger partial charge in [-0.25, -0.2) is 4.39 Å². The van der Waals surface area contributed by atoms with E-state index >= 15 is 0 Å². The number of aryl methyl sites for hydroxylation is 1. The number of carboxylic acids is 1. The average Bonchev–Trinajstić information content (AvgIpc) is 2.23. The van der Waals surface area contributed by atoms with Gasteiger partial charge in [0.2, 0.25) is 0 Å². The zero-order valence-electron chi connectivity index (χ0n) is 9.16. The van der Waals surface area contributed by atoms with Gasteiger partial charge in [-0.2, -0.15) is 0 Å². The van der Waals surface area contributed by atoms with Crippen LogP contribution >= 0.6 is 0 Å². The minimum atomic E-state index is -1.06. The third-order valence-corrected chi connectivity index (χ3v) is 2.45. The molecule has 0 fully saturated rings. The predicted octanol–water partition coefficient (Wildman–Crippen LogP) is 1.27. The molecule has 5 heteroatoms. The van der Waals surface area contributed by atoms with Crippen molar-refractivity contribution in [3.05, 3.63) is 29.1 Å². The van der Waals surface area contributed by atoms with Crippen molar-refractivity contribution >= 4 is 5.97 Å². The van der Waals surface area contributed by atoms with Crippen molar-refractivity contribution in [3.8, 4) is 5.75 Å². The maximum absolute atomic E-state index is 13.4. The highest BCUT2D eigenvalue weighted by atomic mass is 19.1. The van der Waals surface area contributed by atoms with E-state index in [0.717, 1.165) is 0 Å². The molecule has 0 saturated heterocycles. The number of hydrogen-bond acceptors (Lipinski definition) is 3. The van der Waals surface area contributed by atoms with Crippen molar-refractivity contribution in [2.24, 2.45) is 5.73 Å². The standard InChI is InChI=1S/C11H14FNO3/c1-6-3-10(16-2)9(12)4-7(6)8(5-13)11(14)15/h3-4,8H,5,13H2,1-2H3,(H,14,15). The molecule has 0 spiro atoms. The number of benzene rings is 1. The minimum Gasteiger partial charge on any atom is -0.494 e. The molecule has 4 nitrogen and oxygen atoms in total. The molecule has 1 aromatic carbocycles. The summed E-state index contributed by atoms with van der Waals surface area (Å²) >= 11 is 0. The summed E-state index contributed by atoms with van der Waals surface area (Å²) in [5.74, 6) is -2.43. The summed E-state index contributed by atoms with van der Waals surface area (Å²) < 4.78 is 18.2. The number of nitrogens with two attached hydrogens (primary N) is 1.